The molecule has 0 aliphatic carbocycles. The molecule has 1 atom stereocenters. The number of phenolic OH excluding ortho intramolecular Hbond substituents is 1. The Labute approximate surface area is 101 Å². The Hall–Kier alpha value is -0.0600. The van der Waals surface area contributed by atoms with Crippen LogP contribution in [0.25, 0.3) is 0 Å². The fourth-order valence-corrected chi connectivity index (χ4v) is 2.46. The number of aromatic hydroxyl groups is 1. The van der Waals surface area contributed by atoms with Crippen molar-refractivity contribution in [3.8, 4) is 5.75 Å². The third-order valence-electron chi connectivity index (χ3n) is 2.10. The van der Waals surface area contributed by atoms with Crippen LogP contribution in [0.3, 0.4) is 0 Å². The van der Waals surface area contributed by atoms with Gasteiger partial charge in [0, 0.05) is 6.04 Å². The first-order chi connectivity index (χ1) is 6.54. The summed E-state index contributed by atoms with van der Waals surface area (Å²) in [6.45, 7) is 2.06. The molecule has 0 heterocycles. The molecule has 14 heavy (non-hydrogen) atoms. The number of benzene rings is 1. The van der Waals surface area contributed by atoms with Gasteiger partial charge in [-0.2, -0.15) is 0 Å². The van der Waals surface area contributed by atoms with Gasteiger partial charge in [-0.05, 0) is 62.4 Å². The minimum Gasteiger partial charge on any atom is -0.506 e. The Morgan fingerprint density at radius 2 is 1.86 bits per heavy atom. The van der Waals surface area contributed by atoms with E-state index in [1.807, 2.05) is 12.1 Å². The van der Waals surface area contributed by atoms with Crippen molar-refractivity contribution in [1.29, 1.82) is 0 Å². The topological polar surface area (TPSA) is 46.2 Å². The fraction of sp³-hybridized carbons (Fsp3) is 0.400. The van der Waals surface area contributed by atoms with E-state index in [1.54, 1.807) is 0 Å². The van der Waals surface area contributed by atoms with E-state index in [9.17, 15) is 5.11 Å². The molecule has 0 spiro atoms. The van der Waals surface area contributed by atoms with E-state index < -0.39 is 0 Å². The average Bonchev–Trinajstić information content (AvgIpc) is 2.14. The van der Waals surface area contributed by atoms with Crippen LogP contribution in [0.15, 0.2) is 21.1 Å². The molecule has 0 saturated heterocycles. The molecule has 0 bridgehead atoms. The maximum atomic E-state index is 9.50. The second-order valence-electron chi connectivity index (χ2n) is 3.28. The zero-order valence-electron chi connectivity index (χ0n) is 7.93. The van der Waals surface area contributed by atoms with Gasteiger partial charge in [-0.15, -0.1) is 0 Å². The van der Waals surface area contributed by atoms with Gasteiger partial charge in [0.1, 0.15) is 5.75 Å². The molecular formula is C10H13Br2NO. The highest BCUT2D eigenvalue weighted by molar-refractivity contribution is 9.11. The Balaban J connectivity index is 2.89. The van der Waals surface area contributed by atoms with E-state index in [4.69, 9.17) is 5.73 Å². The summed E-state index contributed by atoms with van der Waals surface area (Å²) in [6.07, 6.45) is 1.78. The lowest BCUT2D eigenvalue weighted by molar-refractivity contribution is 0.468. The van der Waals surface area contributed by atoms with E-state index in [0.717, 1.165) is 18.4 Å². The highest BCUT2D eigenvalue weighted by Crippen LogP contribution is 2.33. The minimum absolute atomic E-state index is 0.179. The lowest BCUT2D eigenvalue weighted by Gasteiger charge is -2.10. The number of rotatable bonds is 3. The van der Waals surface area contributed by atoms with Crippen LogP contribution in [0.5, 0.6) is 5.75 Å². The Morgan fingerprint density at radius 1 is 1.36 bits per heavy atom. The van der Waals surface area contributed by atoms with E-state index in [-0.39, 0.29) is 11.8 Å². The minimum atomic E-state index is 0.179. The molecule has 3 N–H and O–H groups in total. The molecule has 0 amide bonds. The predicted octanol–water partition coefficient (Wildman–Crippen LogP) is 3.20. The van der Waals surface area contributed by atoms with Gasteiger partial charge in [-0.3, -0.25) is 0 Å². The van der Waals surface area contributed by atoms with Gasteiger partial charge < -0.3 is 10.8 Å². The van der Waals surface area contributed by atoms with E-state index >= 15 is 0 Å². The highest BCUT2D eigenvalue weighted by atomic mass is 79.9. The molecule has 0 aliphatic heterocycles. The monoisotopic (exact) mass is 321 g/mol. The second-order valence-corrected chi connectivity index (χ2v) is 4.99. The molecule has 1 aromatic rings. The van der Waals surface area contributed by atoms with Gasteiger partial charge in [0.2, 0.25) is 0 Å². The summed E-state index contributed by atoms with van der Waals surface area (Å²) in [5.74, 6) is 0.235. The summed E-state index contributed by atoms with van der Waals surface area (Å²) >= 11 is 6.58. The summed E-state index contributed by atoms with van der Waals surface area (Å²) in [4.78, 5) is 0. The number of hydrogen-bond acceptors (Lipinski definition) is 2. The van der Waals surface area contributed by atoms with Gasteiger partial charge in [0.05, 0.1) is 8.95 Å². The van der Waals surface area contributed by atoms with Crippen molar-refractivity contribution in [2.24, 2.45) is 5.73 Å². The molecule has 2 nitrogen and oxygen atoms in total. The maximum absolute atomic E-state index is 9.50. The van der Waals surface area contributed by atoms with Crippen LogP contribution in [-0.2, 0) is 6.42 Å². The summed E-state index contributed by atoms with van der Waals surface area (Å²) in [5, 5.41) is 9.50. The Morgan fingerprint density at radius 3 is 2.29 bits per heavy atom. The first-order valence-electron chi connectivity index (χ1n) is 4.47. The predicted molar refractivity (Wildman–Crippen MR) is 65.5 cm³/mol. The smallest absolute Gasteiger partial charge is 0.143 e. The summed E-state index contributed by atoms with van der Waals surface area (Å²) in [6, 6.07) is 3.98. The molecule has 1 rings (SSSR count). The van der Waals surface area contributed by atoms with Crippen LogP contribution >= 0.6 is 31.9 Å². The first-order valence-corrected chi connectivity index (χ1v) is 6.05. The summed E-state index contributed by atoms with van der Waals surface area (Å²) in [5.41, 5.74) is 6.97. The lowest BCUT2D eigenvalue weighted by Crippen LogP contribution is -2.21. The largest absolute Gasteiger partial charge is 0.506 e. The fourth-order valence-electron chi connectivity index (χ4n) is 1.18. The molecule has 0 fully saturated rings. The molecule has 0 aromatic heterocycles. The molecule has 0 aliphatic rings. The third-order valence-corrected chi connectivity index (χ3v) is 3.31. The van der Waals surface area contributed by atoms with E-state index in [1.165, 1.54) is 0 Å². The van der Waals surface area contributed by atoms with Gasteiger partial charge >= 0.3 is 0 Å². The van der Waals surface area contributed by atoms with Gasteiger partial charge in [0.25, 0.3) is 0 Å². The molecule has 78 valence electrons. The van der Waals surface area contributed by atoms with Crippen molar-refractivity contribution < 1.29 is 5.11 Å². The van der Waals surface area contributed by atoms with Crippen LogP contribution in [-0.4, -0.2) is 11.1 Å². The zero-order chi connectivity index (χ0) is 10.7. The number of phenols is 1. The van der Waals surface area contributed by atoms with Gasteiger partial charge in [-0.25, -0.2) is 0 Å². The molecule has 4 heteroatoms. The van der Waals surface area contributed by atoms with Crippen molar-refractivity contribution in [2.75, 3.05) is 0 Å². The van der Waals surface area contributed by atoms with Crippen LogP contribution in [0, 0.1) is 0 Å². The molecule has 0 radical (unpaired) electrons. The van der Waals surface area contributed by atoms with Crippen LogP contribution in [0.1, 0.15) is 18.9 Å². The average molecular weight is 323 g/mol. The molecule has 1 aromatic carbocycles. The van der Waals surface area contributed by atoms with E-state index in [2.05, 4.69) is 38.8 Å². The summed E-state index contributed by atoms with van der Waals surface area (Å²) in [7, 11) is 0. The standard InChI is InChI=1S/C10H13Br2NO/c1-2-7(13)3-6-4-8(11)10(14)9(12)5-6/h4-5,7,14H,2-3,13H2,1H3. The first kappa shape index (κ1) is 12.0. The van der Waals surface area contributed by atoms with E-state index in [0.29, 0.717) is 8.95 Å². The van der Waals surface area contributed by atoms with Gasteiger partial charge in [0.15, 0.2) is 0 Å². The van der Waals surface area contributed by atoms with Crippen molar-refractivity contribution in [3.05, 3.63) is 26.6 Å². The number of halogens is 2. The van der Waals surface area contributed by atoms with Crippen LogP contribution < -0.4 is 5.73 Å². The SMILES string of the molecule is CCC(N)Cc1cc(Br)c(O)c(Br)c1. The number of hydrogen-bond donors (Lipinski definition) is 2. The normalized spacial score (nSPS) is 12.9. The quantitative estimate of drug-likeness (QED) is 0.897. The molecule has 1 unspecified atom stereocenters. The van der Waals surface area contributed by atoms with Crippen LogP contribution in [0.2, 0.25) is 0 Å². The lowest BCUT2D eigenvalue weighted by atomic mass is 10.0. The molecule has 0 saturated carbocycles. The molecular weight excluding hydrogens is 310 g/mol. The van der Waals surface area contributed by atoms with Crippen molar-refractivity contribution in [1.82, 2.24) is 0 Å². The van der Waals surface area contributed by atoms with Gasteiger partial charge in [-0.1, -0.05) is 6.92 Å². The van der Waals surface area contributed by atoms with Crippen molar-refractivity contribution in [2.45, 2.75) is 25.8 Å². The van der Waals surface area contributed by atoms with Crippen LogP contribution in [0.4, 0.5) is 0 Å². The Bertz CT molecular complexity index is 305. The second kappa shape index (κ2) is 5.14. The Kier molecular flexibility index (Phi) is 4.41. The number of nitrogens with two attached hydrogens (primary N) is 1. The third kappa shape index (κ3) is 2.97. The zero-order valence-corrected chi connectivity index (χ0v) is 11.1. The van der Waals surface area contributed by atoms with Crippen molar-refractivity contribution >= 4 is 31.9 Å². The van der Waals surface area contributed by atoms with Crippen molar-refractivity contribution in [3.63, 3.8) is 0 Å². The highest BCUT2D eigenvalue weighted by Gasteiger charge is 2.08. The maximum Gasteiger partial charge on any atom is 0.143 e. The summed E-state index contributed by atoms with van der Waals surface area (Å²) < 4.78 is 1.40.